The minimum atomic E-state index is -4.81. The van der Waals surface area contributed by atoms with E-state index in [1.807, 2.05) is 4.72 Å². The van der Waals surface area contributed by atoms with Crippen molar-refractivity contribution in [2.24, 2.45) is 0 Å². The third-order valence-corrected chi connectivity index (χ3v) is 10.5. The third kappa shape index (κ3) is 7.99. The maximum absolute atomic E-state index is 13.8. The lowest BCUT2D eigenvalue weighted by Crippen LogP contribution is -2.46. The van der Waals surface area contributed by atoms with Gasteiger partial charge in [-0.15, -0.1) is 0 Å². The van der Waals surface area contributed by atoms with Crippen molar-refractivity contribution < 1.29 is 49.1 Å². The Bertz CT molecular complexity index is 1600. The predicted molar refractivity (Wildman–Crippen MR) is 150 cm³/mol. The summed E-state index contributed by atoms with van der Waals surface area (Å²) in [4.78, 5) is 24.5. The van der Waals surface area contributed by atoms with Crippen LogP contribution in [0.15, 0.2) is 47.4 Å². The number of esters is 1. The molecule has 1 fully saturated rings. The predicted octanol–water partition coefficient (Wildman–Crippen LogP) is 4.32. The Hall–Kier alpha value is -3.33. The molecule has 0 radical (unpaired) electrons. The Balaban J connectivity index is 1.66. The van der Waals surface area contributed by atoms with E-state index in [1.54, 1.807) is 20.8 Å². The first-order chi connectivity index (χ1) is 19.8. The zero-order chi connectivity index (χ0) is 31.8. The molecule has 1 amide bonds. The highest BCUT2D eigenvalue weighted by Crippen LogP contribution is 2.39. The normalized spacial score (nSPS) is 18.1. The second kappa shape index (κ2) is 12.0. The number of nitrogens with one attached hydrogen (secondary N) is 1. The first-order valence-electron chi connectivity index (χ1n) is 13.6. The Labute approximate surface area is 248 Å². The number of rotatable bonds is 8. The van der Waals surface area contributed by atoms with E-state index in [2.05, 4.69) is 0 Å². The quantitative estimate of drug-likeness (QED) is 0.419. The van der Waals surface area contributed by atoms with Gasteiger partial charge in [0.2, 0.25) is 15.9 Å². The van der Waals surface area contributed by atoms with Gasteiger partial charge in [-0.05, 0) is 69.5 Å². The molecule has 0 saturated heterocycles. The summed E-state index contributed by atoms with van der Waals surface area (Å²) < 4.78 is 107. The van der Waals surface area contributed by atoms with Gasteiger partial charge in [0.05, 0.1) is 40.8 Å². The molecule has 236 valence electrons. The van der Waals surface area contributed by atoms with Crippen LogP contribution in [-0.2, 0) is 47.0 Å². The van der Waals surface area contributed by atoms with Gasteiger partial charge in [0, 0.05) is 0 Å². The van der Waals surface area contributed by atoms with Gasteiger partial charge in [0.1, 0.15) is 17.5 Å². The van der Waals surface area contributed by atoms with Crippen molar-refractivity contribution in [3.8, 4) is 5.75 Å². The standard InChI is InChI=1S/C28H33F3N2O8S2/c1-27(2,3)41-26(35)14-18-11-12-24-23(13-18)33(43(38,39)22-10-6-7-19(15-22)28(29,30)31)17-20(40-24)16-25(34)32-42(36,37)21-8-4-5-9-21/h6-7,10-13,15,20-21H,4-5,8-9,14,16-17H2,1-3H3,(H,32,34)/t20-/m0/s1. The molecule has 2 aliphatic rings. The van der Waals surface area contributed by atoms with Crippen molar-refractivity contribution in [2.45, 2.75) is 87.3 Å². The van der Waals surface area contributed by atoms with Crippen molar-refractivity contribution in [1.29, 1.82) is 0 Å². The Morgan fingerprint density at radius 3 is 2.33 bits per heavy atom. The van der Waals surface area contributed by atoms with E-state index in [0.29, 0.717) is 24.5 Å². The lowest BCUT2D eigenvalue weighted by atomic mass is 10.1. The van der Waals surface area contributed by atoms with Gasteiger partial charge in [-0.3, -0.25) is 18.6 Å². The molecule has 0 spiro atoms. The number of carbonyl (C=O) groups is 2. The molecular weight excluding hydrogens is 613 g/mol. The summed E-state index contributed by atoms with van der Waals surface area (Å²) in [7, 11) is -8.60. The SMILES string of the molecule is CC(C)(C)OC(=O)Cc1ccc2c(c1)N(S(=O)(=O)c1cccc(C(F)(F)F)c1)C[C@H](CC(=O)NS(=O)(=O)C1CCCC1)O2. The molecule has 0 aromatic heterocycles. The second-order valence-electron chi connectivity index (χ2n) is 11.5. The van der Waals surface area contributed by atoms with Crippen molar-refractivity contribution in [3.05, 3.63) is 53.6 Å². The van der Waals surface area contributed by atoms with Crippen molar-refractivity contribution in [1.82, 2.24) is 4.72 Å². The van der Waals surface area contributed by atoms with Crippen LogP contribution in [0.2, 0.25) is 0 Å². The van der Waals surface area contributed by atoms with Crippen molar-refractivity contribution in [3.63, 3.8) is 0 Å². The summed E-state index contributed by atoms with van der Waals surface area (Å²) >= 11 is 0. The number of nitrogens with zero attached hydrogens (tertiary/aromatic N) is 1. The van der Waals surface area contributed by atoms with Crippen LogP contribution in [0.1, 0.15) is 64.0 Å². The first-order valence-corrected chi connectivity index (χ1v) is 16.6. The molecule has 2 aromatic rings. The molecule has 0 bridgehead atoms. The molecule has 2 aromatic carbocycles. The van der Waals surface area contributed by atoms with Crippen LogP contribution in [0.3, 0.4) is 0 Å². The van der Waals surface area contributed by atoms with E-state index in [-0.39, 0.29) is 17.9 Å². The molecule has 15 heteroatoms. The van der Waals surface area contributed by atoms with Gasteiger partial charge in [0.15, 0.2) is 0 Å². The molecule has 1 atom stereocenters. The highest BCUT2D eigenvalue weighted by molar-refractivity contribution is 7.92. The Morgan fingerprint density at radius 2 is 1.70 bits per heavy atom. The van der Waals surface area contributed by atoms with Gasteiger partial charge in [-0.25, -0.2) is 16.8 Å². The number of anilines is 1. The largest absolute Gasteiger partial charge is 0.486 e. The molecule has 1 N–H and O–H groups in total. The number of hydrogen-bond donors (Lipinski definition) is 1. The lowest BCUT2D eigenvalue weighted by molar-refractivity contribution is -0.154. The summed E-state index contributed by atoms with van der Waals surface area (Å²) in [5.74, 6) is -1.51. The van der Waals surface area contributed by atoms with Crippen molar-refractivity contribution in [2.75, 3.05) is 10.8 Å². The molecule has 4 rings (SSSR count). The van der Waals surface area contributed by atoms with Crippen LogP contribution in [0.25, 0.3) is 0 Å². The number of halogens is 3. The third-order valence-electron chi connectivity index (χ3n) is 6.88. The molecule has 1 saturated carbocycles. The van der Waals surface area contributed by atoms with Crippen LogP contribution in [0.4, 0.5) is 18.9 Å². The summed E-state index contributed by atoms with van der Waals surface area (Å²) in [5, 5.41) is -0.703. The van der Waals surface area contributed by atoms with Crippen LogP contribution in [-0.4, -0.2) is 52.2 Å². The zero-order valence-corrected chi connectivity index (χ0v) is 25.4. The average molecular weight is 647 g/mol. The van der Waals surface area contributed by atoms with E-state index >= 15 is 0 Å². The molecule has 0 unspecified atom stereocenters. The number of sulfonamides is 2. The number of hydrogen-bond acceptors (Lipinski definition) is 8. The summed E-state index contributed by atoms with van der Waals surface area (Å²) in [6.45, 7) is 4.54. The summed E-state index contributed by atoms with van der Waals surface area (Å²) in [6, 6.07) is 7.45. The monoisotopic (exact) mass is 646 g/mol. The number of amides is 1. The summed E-state index contributed by atoms with van der Waals surface area (Å²) in [5.41, 5.74) is -1.66. The average Bonchev–Trinajstić information content (AvgIpc) is 3.43. The number of fused-ring (bicyclic) bond motifs is 1. The minimum absolute atomic E-state index is 0.0220. The smallest absolute Gasteiger partial charge is 0.416 e. The molecular formula is C28H33F3N2O8S2. The van der Waals surface area contributed by atoms with Crippen LogP contribution >= 0.6 is 0 Å². The second-order valence-corrected chi connectivity index (χ2v) is 15.4. The highest BCUT2D eigenvalue weighted by Gasteiger charge is 2.39. The molecule has 10 nitrogen and oxygen atoms in total. The van der Waals surface area contributed by atoms with E-state index in [4.69, 9.17) is 9.47 Å². The molecule has 1 heterocycles. The maximum atomic E-state index is 13.8. The van der Waals surface area contributed by atoms with Gasteiger partial charge in [-0.1, -0.05) is 25.0 Å². The fraction of sp³-hybridized carbons (Fsp3) is 0.500. The lowest BCUT2D eigenvalue weighted by Gasteiger charge is -2.35. The molecule has 43 heavy (non-hydrogen) atoms. The fourth-order valence-electron chi connectivity index (χ4n) is 4.99. The number of benzene rings is 2. The minimum Gasteiger partial charge on any atom is -0.486 e. The topological polar surface area (TPSA) is 136 Å². The van der Waals surface area contributed by atoms with Crippen LogP contribution < -0.4 is 13.8 Å². The van der Waals surface area contributed by atoms with Crippen LogP contribution in [0.5, 0.6) is 5.75 Å². The Kier molecular flexibility index (Phi) is 9.08. The van der Waals surface area contributed by atoms with Gasteiger partial charge in [0.25, 0.3) is 10.0 Å². The number of ether oxygens (including phenoxy) is 2. The van der Waals surface area contributed by atoms with Gasteiger partial charge in [-0.2, -0.15) is 13.2 Å². The first kappa shape index (κ1) is 32.6. The van der Waals surface area contributed by atoms with E-state index < -0.39 is 78.5 Å². The van der Waals surface area contributed by atoms with E-state index in [9.17, 15) is 39.6 Å². The van der Waals surface area contributed by atoms with Crippen molar-refractivity contribution >= 4 is 37.6 Å². The molecule has 1 aliphatic carbocycles. The Morgan fingerprint density at radius 1 is 1.02 bits per heavy atom. The number of alkyl halides is 3. The van der Waals surface area contributed by atoms with E-state index in [0.717, 1.165) is 35.3 Å². The number of carbonyl (C=O) groups excluding carboxylic acids is 2. The zero-order valence-electron chi connectivity index (χ0n) is 23.8. The highest BCUT2D eigenvalue weighted by atomic mass is 32.2. The van der Waals surface area contributed by atoms with E-state index in [1.165, 1.54) is 18.2 Å². The van der Waals surface area contributed by atoms with Gasteiger partial charge < -0.3 is 9.47 Å². The molecule has 1 aliphatic heterocycles. The van der Waals surface area contributed by atoms with Crippen LogP contribution in [0, 0.1) is 0 Å². The fourth-order valence-corrected chi connectivity index (χ4v) is 8.06. The van der Waals surface area contributed by atoms with Gasteiger partial charge >= 0.3 is 12.1 Å². The summed E-state index contributed by atoms with van der Waals surface area (Å²) in [6.07, 6.45) is -4.47. The maximum Gasteiger partial charge on any atom is 0.416 e.